The summed E-state index contributed by atoms with van der Waals surface area (Å²) in [7, 11) is -1.04. The smallest absolute Gasteiger partial charge is 0.254 e. The number of aromatic nitrogens is 2. The van der Waals surface area contributed by atoms with Crippen molar-refractivity contribution in [2.75, 3.05) is 12.8 Å². The van der Waals surface area contributed by atoms with E-state index in [1.807, 2.05) is 23.1 Å². The zero-order valence-corrected chi connectivity index (χ0v) is 16.4. The van der Waals surface area contributed by atoms with Gasteiger partial charge in [-0.1, -0.05) is 12.1 Å². The summed E-state index contributed by atoms with van der Waals surface area (Å²) in [4.78, 5) is 20.7. The minimum Gasteiger partial charge on any atom is -0.328 e. The average molecular weight is 382 g/mol. The number of fused-ring (bicyclic) bond motifs is 1. The standard InChI is InChI=1S/C21H23N3O2S/c1-3-23-18-8-5-4-7-17(18)22-20(23)19-9-6-14-24(19)21(25)15-10-12-16(13-11-15)27(2)26/h4-5,7-8,10-13,19H,3,6,9,14H2,1-2H3. The second-order valence-corrected chi connectivity index (χ2v) is 8.22. The molecule has 1 amide bonds. The summed E-state index contributed by atoms with van der Waals surface area (Å²) < 4.78 is 13.8. The molecule has 6 heteroatoms. The van der Waals surface area contributed by atoms with Crippen molar-refractivity contribution in [1.29, 1.82) is 0 Å². The molecule has 0 radical (unpaired) electrons. The van der Waals surface area contributed by atoms with Crippen molar-refractivity contribution in [2.24, 2.45) is 0 Å². The number of carbonyl (C=O) groups is 1. The van der Waals surface area contributed by atoms with Crippen molar-refractivity contribution in [1.82, 2.24) is 14.5 Å². The van der Waals surface area contributed by atoms with E-state index < -0.39 is 10.8 Å². The Morgan fingerprint density at radius 3 is 2.63 bits per heavy atom. The Hall–Kier alpha value is -2.47. The Morgan fingerprint density at radius 1 is 1.19 bits per heavy atom. The van der Waals surface area contributed by atoms with Gasteiger partial charge in [0.2, 0.25) is 0 Å². The number of benzene rings is 2. The Kier molecular flexibility index (Phi) is 4.83. The van der Waals surface area contributed by atoms with Gasteiger partial charge in [0.05, 0.1) is 17.1 Å². The van der Waals surface area contributed by atoms with Crippen LogP contribution in [-0.4, -0.2) is 37.4 Å². The largest absolute Gasteiger partial charge is 0.328 e. The molecule has 5 nitrogen and oxygen atoms in total. The summed E-state index contributed by atoms with van der Waals surface area (Å²) in [5.41, 5.74) is 2.72. The quantitative estimate of drug-likeness (QED) is 0.691. The van der Waals surface area contributed by atoms with E-state index >= 15 is 0 Å². The number of carbonyl (C=O) groups excluding carboxylic acids is 1. The van der Waals surface area contributed by atoms with Crippen LogP contribution in [-0.2, 0) is 17.3 Å². The second kappa shape index (κ2) is 7.27. The number of aryl methyl sites for hydroxylation is 1. The van der Waals surface area contributed by atoms with Crippen LogP contribution in [0.5, 0.6) is 0 Å². The maximum absolute atomic E-state index is 13.1. The van der Waals surface area contributed by atoms with Gasteiger partial charge < -0.3 is 9.47 Å². The summed E-state index contributed by atoms with van der Waals surface area (Å²) in [6, 6.07) is 15.2. The van der Waals surface area contributed by atoms with E-state index in [-0.39, 0.29) is 11.9 Å². The third-order valence-electron chi connectivity index (χ3n) is 5.25. The number of para-hydroxylation sites is 2. The summed E-state index contributed by atoms with van der Waals surface area (Å²) >= 11 is 0. The first kappa shape index (κ1) is 17.9. The Labute approximate surface area is 161 Å². The normalized spacial score (nSPS) is 18.1. The van der Waals surface area contributed by atoms with Crippen LogP contribution in [0.25, 0.3) is 11.0 Å². The highest BCUT2D eigenvalue weighted by molar-refractivity contribution is 7.84. The highest BCUT2D eigenvalue weighted by atomic mass is 32.2. The van der Waals surface area contributed by atoms with E-state index in [1.165, 1.54) is 0 Å². The van der Waals surface area contributed by atoms with Crippen molar-refractivity contribution in [2.45, 2.75) is 37.2 Å². The van der Waals surface area contributed by atoms with Crippen LogP contribution in [0.1, 0.15) is 42.0 Å². The SMILES string of the molecule is CCn1c(C2CCCN2C(=O)c2ccc(S(C)=O)cc2)nc2ccccc21. The molecule has 0 spiro atoms. The summed E-state index contributed by atoms with van der Waals surface area (Å²) in [5.74, 6) is 0.983. The number of nitrogens with zero attached hydrogens (tertiary/aromatic N) is 3. The Morgan fingerprint density at radius 2 is 1.93 bits per heavy atom. The molecule has 1 aliphatic heterocycles. The van der Waals surface area contributed by atoms with Crippen molar-refractivity contribution in [3.8, 4) is 0 Å². The molecule has 2 heterocycles. The molecule has 140 valence electrons. The van der Waals surface area contributed by atoms with E-state index in [2.05, 4.69) is 17.6 Å². The van der Waals surface area contributed by atoms with E-state index in [9.17, 15) is 9.00 Å². The predicted octanol–water partition coefficient (Wildman–Crippen LogP) is 3.77. The van der Waals surface area contributed by atoms with E-state index in [4.69, 9.17) is 4.98 Å². The van der Waals surface area contributed by atoms with Crippen LogP contribution in [0.2, 0.25) is 0 Å². The van der Waals surface area contributed by atoms with Gasteiger partial charge >= 0.3 is 0 Å². The molecule has 0 bridgehead atoms. The molecule has 3 aromatic rings. The summed E-state index contributed by atoms with van der Waals surface area (Å²) in [6.07, 6.45) is 3.54. The lowest BCUT2D eigenvalue weighted by Gasteiger charge is -2.25. The monoisotopic (exact) mass is 381 g/mol. The van der Waals surface area contributed by atoms with E-state index in [1.54, 1.807) is 30.5 Å². The summed E-state index contributed by atoms with van der Waals surface area (Å²) in [6.45, 7) is 3.67. The maximum atomic E-state index is 13.1. The lowest BCUT2D eigenvalue weighted by Crippen LogP contribution is -2.32. The van der Waals surface area contributed by atoms with Crippen molar-refractivity contribution >= 4 is 27.7 Å². The molecule has 1 aromatic heterocycles. The lowest BCUT2D eigenvalue weighted by molar-refractivity contribution is 0.0727. The van der Waals surface area contributed by atoms with Crippen LogP contribution in [0.15, 0.2) is 53.4 Å². The number of imidazole rings is 1. The molecule has 2 atom stereocenters. The first-order valence-electron chi connectivity index (χ1n) is 9.29. The van der Waals surface area contributed by atoms with Crippen molar-refractivity contribution in [3.63, 3.8) is 0 Å². The predicted molar refractivity (Wildman–Crippen MR) is 107 cm³/mol. The fraction of sp³-hybridized carbons (Fsp3) is 0.333. The molecule has 0 saturated carbocycles. The number of amides is 1. The van der Waals surface area contributed by atoms with E-state index in [0.717, 1.165) is 47.7 Å². The van der Waals surface area contributed by atoms with Crippen LogP contribution in [0, 0.1) is 0 Å². The molecule has 0 aliphatic carbocycles. The molecule has 1 fully saturated rings. The Balaban J connectivity index is 1.68. The number of rotatable bonds is 4. The minimum atomic E-state index is -1.04. The van der Waals surface area contributed by atoms with Gasteiger partial charge in [0.15, 0.2) is 0 Å². The van der Waals surface area contributed by atoms with Crippen LogP contribution >= 0.6 is 0 Å². The molecule has 2 unspecified atom stereocenters. The molecule has 2 aromatic carbocycles. The average Bonchev–Trinajstić information content (AvgIpc) is 3.31. The molecule has 1 saturated heterocycles. The zero-order chi connectivity index (χ0) is 19.0. The molecular weight excluding hydrogens is 358 g/mol. The van der Waals surface area contributed by atoms with Crippen molar-refractivity contribution < 1.29 is 9.00 Å². The highest BCUT2D eigenvalue weighted by Gasteiger charge is 2.34. The summed E-state index contributed by atoms with van der Waals surface area (Å²) in [5, 5.41) is 0. The van der Waals surface area contributed by atoms with Gasteiger partial charge in [-0.25, -0.2) is 4.98 Å². The van der Waals surface area contributed by atoms with Gasteiger partial charge in [-0.3, -0.25) is 9.00 Å². The fourth-order valence-corrected chi connectivity index (χ4v) is 4.43. The molecular formula is C21H23N3O2S. The van der Waals surface area contributed by atoms with Crippen LogP contribution in [0.3, 0.4) is 0 Å². The maximum Gasteiger partial charge on any atom is 0.254 e. The topological polar surface area (TPSA) is 55.2 Å². The third kappa shape index (κ3) is 3.18. The van der Waals surface area contributed by atoms with Gasteiger partial charge in [-0.05, 0) is 56.2 Å². The minimum absolute atomic E-state index is 0.00941. The van der Waals surface area contributed by atoms with Gasteiger partial charge in [0.1, 0.15) is 5.82 Å². The molecule has 1 aliphatic rings. The number of likely N-dealkylation sites (tertiary alicyclic amines) is 1. The van der Waals surface area contributed by atoms with E-state index in [0.29, 0.717) is 5.56 Å². The van der Waals surface area contributed by atoms with Gasteiger partial charge in [0.25, 0.3) is 5.91 Å². The highest BCUT2D eigenvalue weighted by Crippen LogP contribution is 2.34. The third-order valence-corrected chi connectivity index (χ3v) is 6.18. The lowest BCUT2D eigenvalue weighted by atomic mass is 10.1. The number of hydrogen-bond donors (Lipinski definition) is 0. The second-order valence-electron chi connectivity index (χ2n) is 6.84. The van der Waals surface area contributed by atoms with Crippen LogP contribution in [0.4, 0.5) is 0 Å². The van der Waals surface area contributed by atoms with Gasteiger partial charge in [0, 0.05) is 40.6 Å². The van der Waals surface area contributed by atoms with Crippen molar-refractivity contribution in [3.05, 3.63) is 59.9 Å². The first-order valence-corrected chi connectivity index (χ1v) is 10.9. The van der Waals surface area contributed by atoms with Gasteiger partial charge in [-0.2, -0.15) is 0 Å². The number of hydrogen-bond acceptors (Lipinski definition) is 3. The first-order chi connectivity index (χ1) is 13.1. The van der Waals surface area contributed by atoms with Gasteiger partial charge in [-0.15, -0.1) is 0 Å². The Bertz CT molecular complexity index is 1010. The fourth-order valence-electron chi connectivity index (χ4n) is 3.91. The molecule has 4 rings (SSSR count). The van der Waals surface area contributed by atoms with Crippen LogP contribution < -0.4 is 0 Å². The molecule has 27 heavy (non-hydrogen) atoms. The molecule has 0 N–H and O–H groups in total. The zero-order valence-electron chi connectivity index (χ0n) is 15.6.